The van der Waals surface area contributed by atoms with E-state index in [0.29, 0.717) is 5.69 Å². The first-order chi connectivity index (χ1) is 9.16. The summed E-state index contributed by atoms with van der Waals surface area (Å²) >= 11 is 0. The number of nitrogens with zero attached hydrogens (tertiary/aromatic N) is 1. The van der Waals surface area contributed by atoms with Crippen molar-refractivity contribution in [1.82, 2.24) is 4.98 Å². The lowest BCUT2D eigenvalue weighted by molar-refractivity contribution is -0.147. The van der Waals surface area contributed by atoms with E-state index in [2.05, 4.69) is 4.98 Å². The number of carboxylic acid groups (broad SMARTS) is 1. The first kappa shape index (κ1) is 12.1. The molecule has 0 unspecified atom stereocenters. The van der Waals surface area contributed by atoms with Crippen LogP contribution in [0.5, 0.6) is 0 Å². The summed E-state index contributed by atoms with van der Waals surface area (Å²) in [5.41, 5.74) is 0.711. The molecule has 2 aliphatic rings. The van der Waals surface area contributed by atoms with Gasteiger partial charge in [0.15, 0.2) is 0 Å². The van der Waals surface area contributed by atoms with Crippen LogP contribution >= 0.6 is 0 Å². The van der Waals surface area contributed by atoms with Crippen molar-refractivity contribution in [2.24, 2.45) is 23.7 Å². The molecule has 19 heavy (non-hydrogen) atoms. The van der Waals surface area contributed by atoms with Gasteiger partial charge in [-0.3, -0.25) is 14.6 Å². The standard InChI is InChI=1S/C15H15NO3/c17-12(8-11-3-1-2-6-16-11)13-9-4-5-10(7-9)14(13)15(18)19/h1-6,9-10,13-14H,7-8H2,(H,18,19)/t9-,10+,13-,14+/m1/s1. The van der Waals surface area contributed by atoms with Crippen LogP contribution in [-0.4, -0.2) is 21.8 Å². The quantitative estimate of drug-likeness (QED) is 0.834. The van der Waals surface area contributed by atoms with Crippen LogP contribution in [0, 0.1) is 23.7 Å². The number of allylic oxidation sites excluding steroid dienone is 2. The number of carbonyl (C=O) groups is 2. The second kappa shape index (κ2) is 4.61. The van der Waals surface area contributed by atoms with Crippen molar-refractivity contribution < 1.29 is 14.7 Å². The number of ketones is 1. The summed E-state index contributed by atoms with van der Waals surface area (Å²) in [4.78, 5) is 27.9. The lowest BCUT2D eigenvalue weighted by atomic mass is 9.79. The second-order valence-electron chi connectivity index (χ2n) is 5.30. The molecular weight excluding hydrogens is 242 g/mol. The van der Waals surface area contributed by atoms with Gasteiger partial charge in [0.2, 0.25) is 0 Å². The molecule has 4 nitrogen and oxygen atoms in total. The Kier molecular flexibility index (Phi) is 2.93. The fourth-order valence-electron chi connectivity index (χ4n) is 3.40. The van der Waals surface area contributed by atoms with Crippen LogP contribution in [0.4, 0.5) is 0 Å². The fourth-order valence-corrected chi connectivity index (χ4v) is 3.40. The highest BCUT2D eigenvalue weighted by atomic mass is 16.4. The minimum absolute atomic E-state index is 0.00273. The highest BCUT2D eigenvalue weighted by Gasteiger charge is 2.51. The van der Waals surface area contributed by atoms with E-state index in [1.165, 1.54) is 0 Å². The van der Waals surface area contributed by atoms with Crippen molar-refractivity contribution in [2.45, 2.75) is 12.8 Å². The molecule has 0 aliphatic heterocycles. The van der Waals surface area contributed by atoms with Crippen molar-refractivity contribution in [3.05, 3.63) is 42.2 Å². The Labute approximate surface area is 111 Å². The number of hydrogen-bond donors (Lipinski definition) is 1. The molecule has 0 radical (unpaired) electrons. The predicted molar refractivity (Wildman–Crippen MR) is 68.3 cm³/mol. The summed E-state index contributed by atoms with van der Waals surface area (Å²) in [6, 6.07) is 5.44. The van der Waals surface area contributed by atoms with Crippen LogP contribution in [0.1, 0.15) is 12.1 Å². The average molecular weight is 257 g/mol. The molecule has 0 amide bonds. The van der Waals surface area contributed by atoms with Crippen LogP contribution in [0.15, 0.2) is 36.5 Å². The van der Waals surface area contributed by atoms with Crippen LogP contribution < -0.4 is 0 Å². The van der Waals surface area contributed by atoms with E-state index >= 15 is 0 Å². The third kappa shape index (κ3) is 2.07. The van der Waals surface area contributed by atoms with Gasteiger partial charge in [0, 0.05) is 24.2 Å². The molecule has 1 aromatic heterocycles. The summed E-state index contributed by atoms with van der Waals surface area (Å²) in [7, 11) is 0. The van der Waals surface area contributed by atoms with Crippen LogP contribution in [-0.2, 0) is 16.0 Å². The number of Topliss-reactive ketones (excluding diaryl/α,β-unsaturated/α-hetero) is 1. The van der Waals surface area contributed by atoms with Gasteiger partial charge in [0.25, 0.3) is 0 Å². The molecule has 1 aromatic rings. The maximum absolute atomic E-state index is 12.4. The molecule has 4 atom stereocenters. The Morgan fingerprint density at radius 2 is 1.95 bits per heavy atom. The number of pyridine rings is 1. The molecule has 2 bridgehead atoms. The third-order valence-electron chi connectivity index (χ3n) is 4.20. The molecule has 2 aliphatic carbocycles. The molecule has 1 fully saturated rings. The van der Waals surface area contributed by atoms with E-state index in [9.17, 15) is 14.7 Å². The summed E-state index contributed by atoms with van der Waals surface area (Å²) < 4.78 is 0. The van der Waals surface area contributed by atoms with Crippen molar-refractivity contribution in [2.75, 3.05) is 0 Å². The summed E-state index contributed by atoms with van der Waals surface area (Å²) in [5.74, 6) is -1.65. The zero-order chi connectivity index (χ0) is 13.4. The van der Waals surface area contributed by atoms with E-state index in [0.717, 1.165) is 6.42 Å². The lowest BCUT2D eigenvalue weighted by Gasteiger charge is -2.23. The van der Waals surface area contributed by atoms with Crippen LogP contribution in [0.3, 0.4) is 0 Å². The van der Waals surface area contributed by atoms with Gasteiger partial charge in [-0.1, -0.05) is 18.2 Å². The van der Waals surface area contributed by atoms with Gasteiger partial charge in [-0.05, 0) is 30.4 Å². The molecule has 4 heteroatoms. The number of carboxylic acids is 1. The van der Waals surface area contributed by atoms with Crippen LogP contribution in [0.25, 0.3) is 0 Å². The van der Waals surface area contributed by atoms with Crippen molar-refractivity contribution >= 4 is 11.8 Å². The summed E-state index contributed by atoms with van der Waals surface area (Å²) in [6.07, 6.45) is 6.64. The molecule has 1 saturated carbocycles. The second-order valence-corrected chi connectivity index (χ2v) is 5.30. The Hall–Kier alpha value is -1.97. The molecule has 0 saturated heterocycles. The van der Waals surface area contributed by atoms with Gasteiger partial charge in [-0.15, -0.1) is 0 Å². The van der Waals surface area contributed by atoms with Crippen molar-refractivity contribution in [3.8, 4) is 0 Å². The highest BCUT2D eigenvalue weighted by molar-refractivity contribution is 5.89. The van der Waals surface area contributed by atoms with Crippen molar-refractivity contribution in [3.63, 3.8) is 0 Å². The monoisotopic (exact) mass is 257 g/mol. The van der Waals surface area contributed by atoms with E-state index in [4.69, 9.17) is 0 Å². The molecule has 3 rings (SSSR count). The van der Waals surface area contributed by atoms with Crippen molar-refractivity contribution in [1.29, 1.82) is 0 Å². The molecule has 1 heterocycles. The maximum Gasteiger partial charge on any atom is 0.307 e. The van der Waals surface area contributed by atoms with E-state index in [1.54, 1.807) is 18.3 Å². The Morgan fingerprint density at radius 3 is 2.58 bits per heavy atom. The Morgan fingerprint density at radius 1 is 1.21 bits per heavy atom. The number of hydrogen-bond acceptors (Lipinski definition) is 3. The van der Waals surface area contributed by atoms with E-state index < -0.39 is 11.9 Å². The highest BCUT2D eigenvalue weighted by Crippen LogP contribution is 2.48. The number of carbonyl (C=O) groups excluding carboxylic acids is 1. The Balaban J connectivity index is 1.79. The molecule has 98 valence electrons. The van der Waals surface area contributed by atoms with Gasteiger partial charge < -0.3 is 5.11 Å². The normalized spacial score (nSPS) is 31.6. The maximum atomic E-state index is 12.4. The Bertz CT molecular complexity index is 538. The number of aliphatic carboxylic acids is 1. The molecule has 1 N–H and O–H groups in total. The lowest BCUT2D eigenvalue weighted by Crippen LogP contribution is -2.34. The third-order valence-corrected chi connectivity index (χ3v) is 4.20. The SMILES string of the molecule is O=C(Cc1ccccn1)[C@@H]1[C@@H](C(=O)O)[C@H]2C=C[C@@H]1C2. The van der Waals surface area contributed by atoms with Gasteiger partial charge in [-0.25, -0.2) is 0 Å². The van der Waals surface area contributed by atoms with Gasteiger partial charge in [0.1, 0.15) is 5.78 Å². The number of fused-ring (bicyclic) bond motifs is 2. The zero-order valence-electron chi connectivity index (χ0n) is 10.4. The van der Waals surface area contributed by atoms with E-state index in [1.807, 2.05) is 18.2 Å². The summed E-state index contributed by atoms with van der Waals surface area (Å²) in [5, 5.41) is 9.32. The largest absolute Gasteiger partial charge is 0.481 e. The van der Waals surface area contributed by atoms with E-state index in [-0.39, 0.29) is 30.0 Å². The number of aromatic nitrogens is 1. The molecule has 0 spiro atoms. The van der Waals surface area contributed by atoms with Crippen LogP contribution in [0.2, 0.25) is 0 Å². The van der Waals surface area contributed by atoms with Gasteiger partial charge in [0.05, 0.1) is 5.92 Å². The molecule has 0 aromatic carbocycles. The average Bonchev–Trinajstić information content (AvgIpc) is 2.99. The van der Waals surface area contributed by atoms with Gasteiger partial charge in [-0.2, -0.15) is 0 Å². The molecular formula is C15H15NO3. The smallest absolute Gasteiger partial charge is 0.307 e. The minimum atomic E-state index is -0.851. The first-order valence-electron chi connectivity index (χ1n) is 6.50. The van der Waals surface area contributed by atoms with Gasteiger partial charge >= 0.3 is 5.97 Å². The number of rotatable bonds is 4. The first-order valence-corrected chi connectivity index (χ1v) is 6.50. The topological polar surface area (TPSA) is 67.3 Å². The minimum Gasteiger partial charge on any atom is -0.481 e. The zero-order valence-corrected chi connectivity index (χ0v) is 10.4. The predicted octanol–water partition coefficient (Wildman–Crippen LogP) is 1.72. The summed E-state index contributed by atoms with van der Waals surface area (Å²) in [6.45, 7) is 0. The fraction of sp³-hybridized carbons (Fsp3) is 0.400.